The molecule has 2 nitrogen and oxygen atoms in total. The Hall–Kier alpha value is -1.08. The van der Waals surface area contributed by atoms with Gasteiger partial charge in [-0.2, -0.15) is 13.2 Å². The number of phenols is 1. The van der Waals surface area contributed by atoms with Gasteiger partial charge in [0.25, 0.3) is 0 Å². The molecule has 1 aromatic carbocycles. The zero-order valence-electron chi connectivity index (χ0n) is 7.55. The largest absolute Gasteiger partial charge is 0.507 e. The zero-order valence-corrected chi connectivity index (χ0v) is 8.37. The van der Waals surface area contributed by atoms with Crippen molar-refractivity contribution in [3.8, 4) is 5.75 Å². The lowest BCUT2D eigenvalue weighted by Gasteiger charge is -2.17. The molecule has 0 saturated carbocycles. The smallest absolute Gasteiger partial charge is 0.407 e. The van der Waals surface area contributed by atoms with Crippen LogP contribution in [0.4, 0.5) is 22.0 Å². The number of rotatable bonds is 1. The Morgan fingerprint density at radius 1 is 1.19 bits per heavy atom. The summed E-state index contributed by atoms with van der Waals surface area (Å²) < 4.78 is 61.7. The molecule has 0 aliphatic carbocycles. The van der Waals surface area contributed by atoms with Gasteiger partial charge in [-0.05, 0) is 0 Å². The maximum atomic E-state index is 12.9. The van der Waals surface area contributed by atoms with E-state index in [0.717, 1.165) is 0 Å². The van der Waals surface area contributed by atoms with Gasteiger partial charge >= 0.3 is 6.18 Å². The monoisotopic (exact) mass is 263 g/mol. The van der Waals surface area contributed by atoms with Crippen molar-refractivity contribution in [3.05, 3.63) is 29.3 Å². The summed E-state index contributed by atoms with van der Waals surface area (Å²) in [6.07, 6.45) is -4.91. The Labute approximate surface area is 93.3 Å². The molecule has 0 aliphatic rings. The fraction of sp³-hybridized carbons (Fsp3) is 0.250. The van der Waals surface area contributed by atoms with E-state index in [4.69, 9.17) is 5.11 Å². The highest BCUT2D eigenvalue weighted by Crippen LogP contribution is 2.36. The second-order valence-corrected chi connectivity index (χ2v) is 2.84. The van der Waals surface area contributed by atoms with E-state index in [2.05, 4.69) is 5.73 Å². The SMILES string of the molecule is Cl.N[C@@H](c1c(O)cc(F)cc1F)C(F)(F)F. The van der Waals surface area contributed by atoms with Crippen LogP contribution in [0.2, 0.25) is 0 Å². The summed E-state index contributed by atoms with van der Waals surface area (Å²) in [5, 5.41) is 8.95. The van der Waals surface area contributed by atoms with E-state index in [-0.39, 0.29) is 18.5 Å². The molecule has 1 aromatic rings. The van der Waals surface area contributed by atoms with Crippen molar-refractivity contribution in [2.24, 2.45) is 5.73 Å². The van der Waals surface area contributed by atoms with Crippen LogP contribution in [0.25, 0.3) is 0 Å². The first-order chi connectivity index (χ1) is 6.73. The van der Waals surface area contributed by atoms with Crippen LogP contribution < -0.4 is 5.73 Å². The highest BCUT2D eigenvalue weighted by Gasteiger charge is 2.41. The van der Waals surface area contributed by atoms with Gasteiger partial charge in [0.05, 0.1) is 5.56 Å². The summed E-state index contributed by atoms with van der Waals surface area (Å²) in [5.74, 6) is -3.86. The summed E-state index contributed by atoms with van der Waals surface area (Å²) >= 11 is 0. The number of hydrogen-bond donors (Lipinski definition) is 2. The van der Waals surface area contributed by atoms with Gasteiger partial charge < -0.3 is 10.8 Å². The molecule has 0 aromatic heterocycles. The van der Waals surface area contributed by atoms with Gasteiger partial charge in [0.15, 0.2) is 0 Å². The Bertz CT molecular complexity index is 358. The Morgan fingerprint density at radius 3 is 2.06 bits per heavy atom. The van der Waals surface area contributed by atoms with Crippen LogP contribution >= 0.6 is 12.4 Å². The molecule has 3 N–H and O–H groups in total. The van der Waals surface area contributed by atoms with Crippen LogP contribution in [-0.2, 0) is 0 Å². The van der Waals surface area contributed by atoms with E-state index in [0.29, 0.717) is 6.07 Å². The van der Waals surface area contributed by atoms with E-state index < -0.39 is 35.2 Å². The van der Waals surface area contributed by atoms with Crippen LogP contribution in [0.3, 0.4) is 0 Å². The van der Waals surface area contributed by atoms with Gasteiger partial charge in [-0.15, -0.1) is 12.4 Å². The molecule has 0 aliphatic heterocycles. The topological polar surface area (TPSA) is 46.2 Å². The summed E-state index contributed by atoms with van der Waals surface area (Å²) in [6.45, 7) is 0. The second-order valence-electron chi connectivity index (χ2n) is 2.84. The lowest BCUT2D eigenvalue weighted by molar-refractivity contribution is -0.150. The predicted octanol–water partition coefficient (Wildman–Crippen LogP) is 2.65. The maximum Gasteiger partial charge on any atom is 0.407 e. The molecule has 0 saturated heterocycles. The normalized spacial score (nSPS) is 13.1. The van der Waals surface area contributed by atoms with Crippen molar-refractivity contribution < 1.29 is 27.1 Å². The van der Waals surface area contributed by atoms with Gasteiger partial charge in [0, 0.05) is 12.1 Å². The van der Waals surface area contributed by atoms with Crippen LogP contribution in [0.5, 0.6) is 5.75 Å². The number of alkyl halides is 3. The number of phenolic OH excluding ortho intramolecular Hbond substituents is 1. The average molecular weight is 264 g/mol. The molecule has 1 rings (SSSR count). The molecule has 0 spiro atoms. The molecule has 0 fully saturated rings. The zero-order chi connectivity index (χ0) is 11.8. The Balaban J connectivity index is 0.00000225. The molecule has 0 amide bonds. The fourth-order valence-electron chi connectivity index (χ4n) is 1.04. The van der Waals surface area contributed by atoms with Gasteiger partial charge in [-0.3, -0.25) is 0 Å². The summed E-state index contributed by atoms with van der Waals surface area (Å²) in [7, 11) is 0. The van der Waals surface area contributed by atoms with Crippen LogP contribution in [0, 0.1) is 11.6 Å². The van der Waals surface area contributed by atoms with Crippen LogP contribution in [0.15, 0.2) is 12.1 Å². The van der Waals surface area contributed by atoms with Gasteiger partial charge in [0.2, 0.25) is 0 Å². The van der Waals surface area contributed by atoms with Crippen molar-refractivity contribution in [3.63, 3.8) is 0 Å². The molecule has 0 bridgehead atoms. The molecule has 8 heteroatoms. The summed E-state index contributed by atoms with van der Waals surface area (Å²) in [6, 6.07) is -2.09. The average Bonchev–Trinajstić information content (AvgIpc) is 1.99. The predicted molar refractivity (Wildman–Crippen MR) is 48.3 cm³/mol. The summed E-state index contributed by atoms with van der Waals surface area (Å²) in [5.41, 5.74) is 3.51. The van der Waals surface area contributed by atoms with Gasteiger partial charge in [-0.1, -0.05) is 0 Å². The Morgan fingerprint density at radius 2 is 1.69 bits per heavy atom. The van der Waals surface area contributed by atoms with Crippen molar-refractivity contribution in [2.75, 3.05) is 0 Å². The first-order valence-corrected chi connectivity index (χ1v) is 3.73. The number of halogens is 6. The van der Waals surface area contributed by atoms with Crippen molar-refractivity contribution in [1.29, 1.82) is 0 Å². The van der Waals surface area contributed by atoms with E-state index in [1.165, 1.54) is 0 Å². The molecule has 92 valence electrons. The third-order valence-corrected chi connectivity index (χ3v) is 1.74. The number of hydrogen-bond acceptors (Lipinski definition) is 2. The Kier molecular flexibility index (Phi) is 4.51. The minimum Gasteiger partial charge on any atom is -0.507 e. The molecule has 0 heterocycles. The van der Waals surface area contributed by atoms with Gasteiger partial charge in [-0.25, -0.2) is 8.78 Å². The molecule has 1 atom stereocenters. The number of nitrogens with two attached hydrogens (primary N) is 1. The minimum atomic E-state index is -4.91. The van der Waals surface area contributed by atoms with Crippen molar-refractivity contribution in [1.82, 2.24) is 0 Å². The van der Waals surface area contributed by atoms with Crippen LogP contribution in [0.1, 0.15) is 11.6 Å². The van der Waals surface area contributed by atoms with E-state index in [1.54, 1.807) is 0 Å². The molecule has 0 unspecified atom stereocenters. The van der Waals surface area contributed by atoms with Gasteiger partial charge in [0.1, 0.15) is 23.4 Å². The van der Waals surface area contributed by atoms with E-state index in [9.17, 15) is 22.0 Å². The number of aromatic hydroxyl groups is 1. The fourth-order valence-corrected chi connectivity index (χ4v) is 1.04. The third kappa shape index (κ3) is 2.96. The van der Waals surface area contributed by atoms with Crippen molar-refractivity contribution >= 4 is 12.4 Å². The van der Waals surface area contributed by atoms with E-state index >= 15 is 0 Å². The standard InChI is InChI=1S/C8H6F5NO.ClH/c9-3-1-4(10)6(5(15)2-3)7(14)8(11,12)13;/h1-2,7,15H,14H2;1H/t7-;/m0./s1. The third-order valence-electron chi connectivity index (χ3n) is 1.74. The minimum absolute atomic E-state index is 0. The second kappa shape index (κ2) is 4.84. The quantitative estimate of drug-likeness (QED) is 0.765. The highest BCUT2D eigenvalue weighted by atomic mass is 35.5. The maximum absolute atomic E-state index is 12.9. The number of benzene rings is 1. The first kappa shape index (κ1) is 14.9. The lowest BCUT2D eigenvalue weighted by Crippen LogP contribution is -2.29. The van der Waals surface area contributed by atoms with Crippen molar-refractivity contribution in [2.45, 2.75) is 12.2 Å². The molecule has 16 heavy (non-hydrogen) atoms. The lowest BCUT2D eigenvalue weighted by atomic mass is 10.1. The molecule has 0 radical (unpaired) electrons. The molecular formula is C8H7ClF5NO. The molecular weight excluding hydrogens is 257 g/mol. The van der Waals surface area contributed by atoms with Crippen LogP contribution in [-0.4, -0.2) is 11.3 Å². The first-order valence-electron chi connectivity index (χ1n) is 3.73. The summed E-state index contributed by atoms with van der Waals surface area (Å²) in [4.78, 5) is 0. The highest BCUT2D eigenvalue weighted by molar-refractivity contribution is 5.85. The van der Waals surface area contributed by atoms with E-state index in [1.807, 2.05) is 0 Å².